The Bertz CT molecular complexity index is 170. The van der Waals surface area contributed by atoms with E-state index in [-0.39, 0.29) is 0 Å². The van der Waals surface area contributed by atoms with Gasteiger partial charge in [-0.1, -0.05) is 45.4 Å². The zero-order chi connectivity index (χ0) is 10.9. The molecule has 0 aromatic rings. The molecular formula is C13H25NO. The van der Waals surface area contributed by atoms with Crippen molar-refractivity contribution in [1.82, 2.24) is 5.32 Å². The Labute approximate surface area is 93.8 Å². The fourth-order valence-electron chi connectivity index (χ4n) is 2.42. The standard InChI is InChI=1S/C13H25NO/c1-2-3-4-5-6-7-8-12-9-14-10-13(12)11-15/h11-14H,2-10H2,1H3/t12-,13+/m0/s1. The van der Waals surface area contributed by atoms with Crippen molar-refractivity contribution in [2.45, 2.75) is 51.9 Å². The fourth-order valence-corrected chi connectivity index (χ4v) is 2.42. The Morgan fingerprint density at radius 1 is 1.13 bits per heavy atom. The maximum atomic E-state index is 10.8. The van der Waals surface area contributed by atoms with Gasteiger partial charge in [0, 0.05) is 12.5 Å². The van der Waals surface area contributed by atoms with Gasteiger partial charge in [0.2, 0.25) is 0 Å². The number of unbranched alkanes of at least 4 members (excludes halogenated alkanes) is 5. The highest BCUT2D eigenvalue weighted by Gasteiger charge is 2.25. The van der Waals surface area contributed by atoms with Crippen LogP contribution in [0.3, 0.4) is 0 Å². The molecule has 1 saturated heterocycles. The van der Waals surface area contributed by atoms with Gasteiger partial charge in [-0.15, -0.1) is 0 Å². The molecule has 1 aliphatic rings. The number of nitrogens with one attached hydrogen (secondary N) is 1. The first kappa shape index (κ1) is 12.7. The Balaban J connectivity index is 1.97. The quantitative estimate of drug-likeness (QED) is 0.494. The van der Waals surface area contributed by atoms with Crippen LogP contribution in [0.15, 0.2) is 0 Å². The Morgan fingerprint density at radius 2 is 1.87 bits per heavy atom. The summed E-state index contributed by atoms with van der Waals surface area (Å²) in [6.07, 6.45) is 10.5. The fraction of sp³-hybridized carbons (Fsp3) is 0.923. The van der Waals surface area contributed by atoms with Crippen LogP contribution in [-0.2, 0) is 4.79 Å². The minimum atomic E-state index is 0.292. The third-order valence-electron chi connectivity index (χ3n) is 3.50. The summed E-state index contributed by atoms with van der Waals surface area (Å²) in [5.74, 6) is 0.911. The van der Waals surface area contributed by atoms with Crippen LogP contribution >= 0.6 is 0 Å². The van der Waals surface area contributed by atoms with Gasteiger partial charge >= 0.3 is 0 Å². The molecule has 0 unspecified atom stereocenters. The van der Waals surface area contributed by atoms with Crippen LogP contribution in [0.5, 0.6) is 0 Å². The molecule has 0 radical (unpaired) electrons. The van der Waals surface area contributed by atoms with Crippen molar-refractivity contribution < 1.29 is 4.79 Å². The van der Waals surface area contributed by atoms with Crippen molar-refractivity contribution >= 4 is 6.29 Å². The zero-order valence-electron chi connectivity index (χ0n) is 10.0. The van der Waals surface area contributed by atoms with E-state index >= 15 is 0 Å². The molecule has 0 amide bonds. The highest BCUT2D eigenvalue weighted by atomic mass is 16.1. The summed E-state index contributed by atoms with van der Waals surface area (Å²) in [7, 11) is 0. The summed E-state index contributed by atoms with van der Waals surface area (Å²) < 4.78 is 0. The molecule has 2 heteroatoms. The average molecular weight is 211 g/mol. The van der Waals surface area contributed by atoms with E-state index in [0.29, 0.717) is 11.8 Å². The number of hydrogen-bond donors (Lipinski definition) is 1. The Morgan fingerprint density at radius 3 is 2.60 bits per heavy atom. The van der Waals surface area contributed by atoms with Crippen LogP contribution in [0.2, 0.25) is 0 Å². The summed E-state index contributed by atoms with van der Waals surface area (Å²) in [5.41, 5.74) is 0. The lowest BCUT2D eigenvalue weighted by molar-refractivity contribution is -0.111. The second-order valence-corrected chi connectivity index (χ2v) is 4.77. The van der Waals surface area contributed by atoms with Gasteiger partial charge in [0.25, 0.3) is 0 Å². The summed E-state index contributed by atoms with van der Waals surface area (Å²) in [4.78, 5) is 10.8. The van der Waals surface area contributed by atoms with Gasteiger partial charge in [-0.3, -0.25) is 0 Å². The summed E-state index contributed by atoms with van der Waals surface area (Å²) in [5, 5.41) is 3.30. The van der Waals surface area contributed by atoms with E-state index in [0.717, 1.165) is 19.4 Å². The van der Waals surface area contributed by atoms with Crippen molar-refractivity contribution in [1.29, 1.82) is 0 Å². The van der Waals surface area contributed by atoms with Gasteiger partial charge in [0.05, 0.1) is 0 Å². The molecule has 1 heterocycles. The molecular weight excluding hydrogens is 186 g/mol. The van der Waals surface area contributed by atoms with Crippen molar-refractivity contribution in [2.24, 2.45) is 11.8 Å². The molecule has 0 aliphatic carbocycles. The van der Waals surface area contributed by atoms with E-state index in [1.54, 1.807) is 0 Å². The highest BCUT2D eigenvalue weighted by molar-refractivity contribution is 5.55. The maximum absolute atomic E-state index is 10.8. The van der Waals surface area contributed by atoms with Crippen LogP contribution in [-0.4, -0.2) is 19.4 Å². The molecule has 0 bridgehead atoms. The second kappa shape index (κ2) is 7.86. The van der Waals surface area contributed by atoms with E-state index in [1.165, 1.54) is 44.9 Å². The molecule has 0 spiro atoms. The van der Waals surface area contributed by atoms with E-state index in [1.807, 2.05) is 0 Å². The number of aldehydes is 1. The van der Waals surface area contributed by atoms with Gasteiger partial charge in [-0.25, -0.2) is 0 Å². The smallest absolute Gasteiger partial charge is 0.124 e. The van der Waals surface area contributed by atoms with Gasteiger partial charge in [-0.2, -0.15) is 0 Å². The molecule has 88 valence electrons. The molecule has 2 nitrogen and oxygen atoms in total. The zero-order valence-corrected chi connectivity index (χ0v) is 10.0. The van der Waals surface area contributed by atoms with Crippen molar-refractivity contribution in [3.05, 3.63) is 0 Å². The molecule has 0 aromatic carbocycles. The molecule has 0 aromatic heterocycles. The average Bonchev–Trinajstić information content (AvgIpc) is 2.70. The lowest BCUT2D eigenvalue weighted by Crippen LogP contribution is -2.13. The minimum absolute atomic E-state index is 0.292. The summed E-state index contributed by atoms with van der Waals surface area (Å²) in [6.45, 7) is 4.21. The second-order valence-electron chi connectivity index (χ2n) is 4.77. The predicted octanol–water partition coefficient (Wildman–Crippen LogP) is 2.77. The lowest BCUT2D eigenvalue weighted by atomic mass is 9.91. The van der Waals surface area contributed by atoms with Crippen LogP contribution in [0.4, 0.5) is 0 Å². The molecule has 1 aliphatic heterocycles. The first-order valence-corrected chi connectivity index (χ1v) is 6.54. The molecule has 0 saturated carbocycles. The van der Waals surface area contributed by atoms with Crippen molar-refractivity contribution in [2.75, 3.05) is 13.1 Å². The first-order valence-electron chi connectivity index (χ1n) is 6.54. The summed E-state index contributed by atoms with van der Waals surface area (Å²) in [6, 6.07) is 0. The molecule has 15 heavy (non-hydrogen) atoms. The Kier molecular flexibility index (Phi) is 6.66. The van der Waals surface area contributed by atoms with E-state index in [2.05, 4.69) is 12.2 Å². The Hall–Kier alpha value is -0.370. The van der Waals surface area contributed by atoms with Crippen molar-refractivity contribution in [3.8, 4) is 0 Å². The van der Waals surface area contributed by atoms with Crippen LogP contribution in [0.1, 0.15) is 51.9 Å². The molecule has 2 atom stereocenters. The van der Waals surface area contributed by atoms with Crippen LogP contribution in [0, 0.1) is 11.8 Å². The van der Waals surface area contributed by atoms with E-state index in [9.17, 15) is 4.79 Å². The number of carbonyl (C=O) groups excluding carboxylic acids is 1. The maximum Gasteiger partial charge on any atom is 0.124 e. The number of hydrogen-bond acceptors (Lipinski definition) is 2. The largest absolute Gasteiger partial charge is 0.316 e. The van der Waals surface area contributed by atoms with Crippen LogP contribution in [0.25, 0.3) is 0 Å². The number of rotatable bonds is 8. The van der Waals surface area contributed by atoms with Gasteiger partial charge in [-0.05, 0) is 18.9 Å². The molecule has 1 rings (SSSR count). The minimum Gasteiger partial charge on any atom is -0.316 e. The predicted molar refractivity (Wildman–Crippen MR) is 63.9 cm³/mol. The molecule has 1 fully saturated rings. The monoisotopic (exact) mass is 211 g/mol. The number of carbonyl (C=O) groups is 1. The van der Waals surface area contributed by atoms with E-state index in [4.69, 9.17) is 0 Å². The van der Waals surface area contributed by atoms with Gasteiger partial charge < -0.3 is 10.1 Å². The summed E-state index contributed by atoms with van der Waals surface area (Å²) >= 11 is 0. The van der Waals surface area contributed by atoms with Gasteiger partial charge in [0.15, 0.2) is 0 Å². The molecule has 1 N–H and O–H groups in total. The normalized spacial score (nSPS) is 25.7. The van der Waals surface area contributed by atoms with Gasteiger partial charge in [0.1, 0.15) is 6.29 Å². The topological polar surface area (TPSA) is 29.1 Å². The van der Waals surface area contributed by atoms with Crippen molar-refractivity contribution in [3.63, 3.8) is 0 Å². The SMILES string of the molecule is CCCCCCCC[C@H]1CNC[C@@H]1C=O. The third kappa shape index (κ3) is 4.78. The van der Waals surface area contributed by atoms with E-state index < -0.39 is 0 Å². The first-order chi connectivity index (χ1) is 7.38. The third-order valence-corrected chi connectivity index (χ3v) is 3.50. The highest BCUT2D eigenvalue weighted by Crippen LogP contribution is 2.21. The van der Waals surface area contributed by atoms with Crippen LogP contribution < -0.4 is 5.32 Å². The lowest BCUT2D eigenvalue weighted by Gasteiger charge is -2.12.